The minimum atomic E-state index is -0.308. The Hall–Kier alpha value is -3.24. The molecule has 27 heavy (non-hydrogen) atoms. The molecule has 0 saturated heterocycles. The Kier molecular flexibility index (Phi) is 4.34. The van der Waals surface area contributed by atoms with Gasteiger partial charge in [-0.25, -0.2) is 0 Å². The van der Waals surface area contributed by atoms with Crippen molar-refractivity contribution in [2.75, 3.05) is 6.61 Å². The van der Waals surface area contributed by atoms with Crippen molar-refractivity contribution in [1.29, 1.82) is 5.26 Å². The van der Waals surface area contributed by atoms with Crippen molar-refractivity contribution in [3.05, 3.63) is 63.2 Å². The summed E-state index contributed by atoms with van der Waals surface area (Å²) in [5.74, 6) is 1.01. The van der Waals surface area contributed by atoms with E-state index in [0.717, 1.165) is 27.4 Å². The highest BCUT2D eigenvalue weighted by Gasteiger charge is 2.36. The van der Waals surface area contributed by atoms with Crippen LogP contribution in [0.2, 0.25) is 0 Å². The zero-order valence-electron chi connectivity index (χ0n) is 14.9. The number of nitrogens with two attached hydrogens (primary N) is 1. The van der Waals surface area contributed by atoms with E-state index in [2.05, 4.69) is 16.3 Å². The Morgan fingerprint density at radius 1 is 1.30 bits per heavy atom. The van der Waals surface area contributed by atoms with Crippen LogP contribution >= 0.6 is 11.3 Å². The van der Waals surface area contributed by atoms with Gasteiger partial charge in [0.1, 0.15) is 17.4 Å². The largest absolute Gasteiger partial charge is 0.494 e. The average molecular weight is 378 g/mol. The molecule has 4 rings (SSSR count). The normalized spacial score (nSPS) is 15.8. The van der Waals surface area contributed by atoms with Crippen LogP contribution in [0.15, 0.2) is 47.9 Å². The molecule has 1 aromatic carbocycles. The second-order valence-corrected chi connectivity index (χ2v) is 7.47. The fraction of sp³-hybridized carbons (Fsp3) is 0.200. The van der Waals surface area contributed by atoms with Crippen LogP contribution in [-0.2, 0) is 0 Å². The van der Waals surface area contributed by atoms with Crippen LogP contribution in [0.3, 0.4) is 0 Å². The minimum absolute atomic E-state index is 0.103. The molecule has 1 aliphatic rings. The Balaban J connectivity index is 1.85. The Morgan fingerprint density at radius 2 is 2.07 bits per heavy atom. The van der Waals surface area contributed by atoms with Crippen molar-refractivity contribution in [2.45, 2.75) is 19.8 Å². The highest BCUT2D eigenvalue weighted by Crippen LogP contribution is 2.47. The van der Waals surface area contributed by atoms with E-state index >= 15 is 0 Å². The number of allylic oxidation sites excluding steroid dienone is 1. The molecule has 0 aliphatic carbocycles. The molecule has 3 N–H and O–H groups in total. The summed E-state index contributed by atoms with van der Waals surface area (Å²) in [6, 6.07) is 14.0. The third-order valence-electron chi connectivity index (χ3n) is 4.44. The smallest absolute Gasteiger partial charge is 0.244 e. The van der Waals surface area contributed by atoms with Crippen molar-refractivity contribution in [2.24, 2.45) is 5.73 Å². The standard InChI is InChI=1S/C20H18N4O2S/c1-3-25-13-7-5-12(6-8-13)18-17-16(15-9-4-11(2)27-15)14(10-21)19(22)26-20(17)24-23-18/h4-9,16H,3,22H2,1-2H3,(H,23,24)/t16-/m0/s1. The van der Waals surface area contributed by atoms with Gasteiger partial charge in [-0.1, -0.05) is 0 Å². The summed E-state index contributed by atoms with van der Waals surface area (Å²) in [6.07, 6.45) is 0. The number of H-pyrrole nitrogens is 1. The van der Waals surface area contributed by atoms with Gasteiger partial charge in [-0.2, -0.15) is 5.26 Å². The summed E-state index contributed by atoms with van der Waals surface area (Å²) in [7, 11) is 0. The predicted molar refractivity (Wildman–Crippen MR) is 104 cm³/mol. The average Bonchev–Trinajstić information content (AvgIpc) is 3.27. The number of hydrogen-bond donors (Lipinski definition) is 2. The third kappa shape index (κ3) is 2.94. The zero-order chi connectivity index (χ0) is 19.0. The Labute approximate surface area is 160 Å². The van der Waals surface area contributed by atoms with Gasteiger partial charge < -0.3 is 15.2 Å². The van der Waals surface area contributed by atoms with Gasteiger partial charge in [-0.15, -0.1) is 16.4 Å². The van der Waals surface area contributed by atoms with Crippen molar-refractivity contribution in [3.63, 3.8) is 0 Å². The number of aromatic amines is 1. The first-order chi connectivity index (χ1) is 13.1. The molecule has 0 saturated carbocycles. The van der Waals surface area contributed by atoms with Crippen molar-refractivity contribution in [1.82, 2.24) is 10.2 Å². The van der Waals surface area contributed by atoms with Crippen LogP contribution < -0.4 is 15.2 Å². The molecule has 3 aromatic rings. The number of ether oxygens (including phenoxy) is 2. The minimum Gasteiger partial charge on any atom is -0.494 e. The van der Waals surface area contributed by atoms with Crippen molar-refractivity contribution >= 4 is 11.3 Å². The van der Waals surface area contributed by atoms with E-state index in [0.29, 0.717) is 18.1 Å². The van der Waals surface area contributed by atoms with Crippen LogP contribution in [0.5, 0.6) is 11.6 Å². The first kappa shape index (κ1) is 17.2. The summed E-state index contributed by atoms with van der Waals surface area (Å²) in [5, 5.41) is 17.1. The SMILES string of the molecule is CCOc1ccc(-c2[nH]nc3c2[C@H](c2ccc(C)s2)C(C#N)=C(N)O3)cc1. The van der Waals surface area contributed by atoms with Crippen LogP contribution in [0, 0.1) is 18.3 Å². The van der Waals surface area contributed by atoms with E-state index in [1.165, 1.54) is 4.88 Å². The van der Waals surface area contributed by atoms with Crippen molar-refractivity contribution < 1.29 is 9.47 Å². The Bertz CT molecular complexity index is 1060. The fourth-order valence-electron chi connectivity index (χ4n) is 3.24. The van der Waals surface area contributed by atoms with Gasteiger partial charge in [0.25, 0.3) is 0 Å². The van der Waals surface area contributed by atoms with E-state index in [-0.39, 0.29) is 11.8 Å². The van der Waals surface area contributed by atoms with Gasteiger partial charge in [0.15, 0.2) is 0 Å². The van der Waals surface area contributed by atoms with Gasteiger partial charge in [0, 0.05) is 15.3 Å². The quantitative estimate of drug-likeness (QED) is 0.713. The number of aromatic nitrogens is 2. The topological polar surface area (TPSA) is 97.0 Å². The molecule has 1 aliphatic heterocycles. The van der Waals surface area contributed by atoms with Gasteiger partial charge >= 0.3 is 0 Å². The molecular weight excluding hydrogens is 360 g/mol. The number of fused-ring (bicyclic) bond motifs is 1. The highest BCUT2D eigenvalue weighted by atomic mass is 32.1. The number of rotatable bonds is 4. The van der Waals surface area contributed by atoms with Crippen molar-refractivity contribution in [3.8, 4) is 29.0 Å². The zero-order valence-corrected chi connectivity index (χ0v) is 15.8. The summed E-state index contributed by atoms with van der Waals surface area (Å²) >= 11 is 1.64. The molecule has 0 spiro atoms. The molecule has 2 aromatic heterocycles. The molecule has 0 fully saturated rings. The maximum absolute atomic E-state index is 9.71. The first-order valence-corrected chi connectivity index (χ1v) is 9.39. The van der Waals surface area contributed by atoms with Gasteiger partial charge in [-0.05, 0) is 50.2 Å². The molecule has 0 radical (unpaired) electrons. The van der Waals surface area contributed by atoms with E-state index < -0.39 is 0 Å². The van der Waals surface area contributed by atoms with Gasteiger partial charge in [-0.3, -0.25) is 5.10 Å². The second kappa shape index (κ2) is 6.82. The molecule has 6 nitrogen and oxygen atoms in total. The summed E-state index contributed by atoms with van der Waals surface area (Å²) < 4.78 is 11.1. The van der Waals surface area contributed by atoms with Gasteiger partial charge in [0.05, 0.1) is 23.8 Å². The predicted octanol–water partition coefficient (Wildman–Crippen LogP) is 4.06. The number of aryl methyl sites for hydroxylation is 1. The van der Waals surface area contributed by atoms with E-state index in [4.69, 9.17) is 15.2 Å². The number of nitriles is 1. The third-order valence-corrected chi connectivity index (χ3v) is 5.50. The van der Waals surface area contributed by atoms with Crippen LogP contribution in [0.4, 0.5) is 0 Å². The van der Waals surface area contributed by atoms with Crippen LogP contribution in [0.25, 0.3) is 11.3 Å². The number of hydrogen-bond acceptors (Lipinski definition) is 6. The Morgan fingerprint density at radius 3 is 2.70 bits per heavy atom. The number of benzene rings is 1. The number of thiophene rings is 1. The van der Waals surface area contributed by atoms with E-state index in [1.807, 2.05) is 50.2 Å². The lowest BCUT2D eigenvalue weighted by Gasteiger charge is -2.22. The number of nitrogens with zero attached hydrogens (tertiary/aromatic N) is 2. The van der Waals surface area contributed by atoms with E-state index in [9.17, 15) is 5.26 Å². The lowest BCUT2D eigenvalue weighted by Crippen LogP contribution is -2.20. The second-order valence-electron chi connectivity index (χ2n) is 6.15. The maximum Gasteiger partial charge on any atom is 0.244 e. The molecule has 136 valence electrons. The first-order valence-electron chi connectivity index (χ1n) is 8.57. The summed E-state index contributed by atoms with van der Waals surface area (Å²) in [6.45, 7) is 4.60. The lowest BCUT2D eigenvalue weighted by molar-refractivity contribution is 0.340. The summed E-state index contributed by atoms with van der Waals surface area (Å²) in [5.41, 5.74) is 8.98. The summed E-state index contributed by atoms with van der Waals surface area (Å²) in [4.78, 5) is 2.20. The molecule has 7 heteroatoms. The number of nitrogens with one attached hydrogen (secondary N) is 1. The highest BCUT2D eigenvalue weighted by molar-refractivity contribution is 7.12. The monoisotopic (exact) mass is 378 g/mol. The molecule has 1 atom stereocenters. The van der Waals surface area contributed by atoms with Crippen LogP contribution in [0.1, 0.15) is 28.2 Å². The molecule has 0 bridgehead atoms. The molecular formula is C20H18N4O2S. The molecule has 0 amide bonds. The maximum atomic E-state index is 9.71. The molecule has 0 unspecified atom stereocenters. The van der Waals surface area contributed by atoms with Crippen LogP contribution in [-0.4, -0.2) is 16.8 Å². The fourth-order valence-corrected chi connectivity index (χ4v) is 4.24. The van der Waals surface area contributed by atoms with Gasteiger partial charge in [0.2, 0.25) is 11.8 Å². The van der Waals surface area contributed by atoms with E-state index in [1.54, 1.807) is 11.3 Å². The molecule has 3 heterocycles. The lowest BCUT2D eigenvalue weighted by atomic mass is 9.87.